The van der Waals surface area contributed by atoms with Gasteiger partial charge in [0.15, 0.2) is 0 Å². The van der Waals surface area contributed by atoms with E-state index in [1.54, 1.807) is 18.5 Å². The quantitative estimate of drug-likeness (QED) is 0.867. The normalized spacial score (nSPS) is 16.3. The number of pyridine rings is 1. The second kappa shape index (κ2) is 6.91. The van der Waals surface area contributed by atoms with Gasteiger partial charge in [0, 0.05) is 50.7 Å². The Bertz CT molecular complexity index is 649. The van der Waals surface area contributed by atoms with Gasteiger partial charge in [-0.25, -0.2) is 0 Å². The van der Waals surface area contributed by atoms with Crippen LogP contribution in [0.4, 0.5) is 0 Å². The average molecular weight is 314 g/mol. The highest BCUT2D eigenvalue weighted by molar-refractivity contribution is 5.93. The van der Waals surface area contributed by atoms with Crippen LogP contribution in [-0.4, -0.2) is 52.0 Å². The molecule has 1 saturated heterocycles. The molecule has 1 amide bonds. The number of carbonyl (C=O) groups excluding carboxylic acids is 1. The zero-order valence-electron chi connectivity index (χ0n) is 13.7. The Hall–Kier alpha value is -2.21. The monoisotopic (exact) mass is 314 g/mol. The lowest BCUT2D eigenvalue weighted by molar-refractivity contribution is 0.0760. The predicted molar refractivity (Wildman–Crippen MR) is 86.0 cm³/mol. The van der Waals surface area contributed by atoms with Crippen molar-refractivity contribution in [2.75, 3.05) is 26.2 Å². The summed E-state index contributed by atoms with van der Waals surface area (Å²) >= 11 is 0. The maximum atomic E-state index is 12.5. The Morgan fingerprint density at radius 3 is 2.83 bits per heavy atom. The van der Waals surface area contributed by atoms with Gasteiger partial charge in [-0.1, -0.05) is 5.16 Å². The first-order valence-electron chi connectivity index (χ1n) is 7.98. The zero-order valence-corrected chi connectivity index (χ0v) is 13.7. The van der Waals surface area contributed by atoms with Gasteiger partial charge in [-0.2, -0.15) is 0 Å². The van der Waals surface area contributed by atoms with Crippen molar-refractivity contribution in [3.8, 4) is 0 Å². The lowest BCUT2D eigenvalue weighted by atomic mass is 10.2. The van der Waals surface area contributed by atoms with E-state index in [2.05, 4.69) is 15.0 Å². The van der Waals surface area contributed by atoms with Crippen molar-refractivity contribution in [1.29, 1.82) is 0 Å². The largest absolute Gasteiger partial charge is 0.361 e. The molecule has 0 spiro atoms. The fourth-order valence-corrected chi connectivity index (χ4v) is 2.96. The predicted octanol–water partition coefficient (Wildman–Crippen LogP) is 2.03. The van der Waals surface area contributed by atoms with Crippen LogP contribution >= 0.6 is 0 Å². The molecule has 1 aliphatic heterocycles. The Balaban J connectivity index is 1.62. The van der Waals surface area contributed by atoms with Crippen molar-refractivity contribution in [2.45, 2.75) is 26.8 Å². The van der Waals surface area contributed by atoms with Crippen molar-refractivity contribution >= 4 is 5.91 Å². The molecule has 1 fully saturated rings. The van der Waals surface area contributed by atoms with Gasteiger partial charge in [-0.3, -0.25) is 14.7 Å². The topological polar surface area (TPSA) is 62.5 Å². The minimum atomic E-state index is 0.0669. The smallest absolute Gasteiger partial charge is 0.255 e. The molecule has 0 unspecified atom stereocenters. The van der Waals surface area contributed by atoms with E-state index >= 15 is 0 Å². The van der Waals surface area contributed by atoms with E-state index in [0.717, 1.165) is 56.2 Å². The molecule has 2 aromatic rings. The summed E-state index contributed by atoms with van der Waals surface area (Å²) in [5.41, 5.74) is 2.78. The number of nitrogens with zero attached hydrogens (tertiary/aromatic N) is 4. The Morgan fingerprint density at radius 1 is 1.26 bits per heavy atom. The number of aromatic nitrogens is 2. The van der Waals surface area contributed by atoms with Crippen LogP contribution in [0.25, 0.3) is 0 Å². The third-order valence-electron chi connectivity index (χ3n) is 4.35. The lowest BCUT2D eigenvalue weighted by Crippen LogP contribution is -2.35. The maximum absolute atomic E-state index is 12.5. The van der Waals surface area contributed by atoms with Crippen molar-refractivity contribution in [3.05, 3.63) is 47.1 Å². The van der Waals surface area contributed by atoms with E-state index in [1.807, 2.05) is 24.8 Å². The fraction of sp³-hybridized carbons (Fsp3) is 0.471. The van der Waals surface area contributed by atoms with Crippen molar-refractivity contribution in [2.24, 2.45) is 0 Å². The van der Waals surface area contributed by atoms with E-state index in [4.69, 9.17) is 4.52 Å². The molecule has 3 heterocycles. The molecular weight excluding hydrogens is 292 g/mol. The molecule has 0 N–H and O–H groups in total. The van der Waals surface area contributed by atoms with Gasteiger partial charge in [-0.15, -0.1) is 0 Å². The van der Waals surface area contributed by atoms with Gasteiger partial charge in [0.05, 0.1) is 11.3 Å². The van der Waals surface area contributed by atoms with Crippen LogP contribution in [0.15, 0.2) is 29.0 Å². The van der Waals surface area contributed by atoms with Gasteiger partial charge in [0.25, 0.3) is 5.91 Å². The minimum absolute atomic E-state index is 0.0669. The molecule has 122 valence electrons. The summed E-state index contributed by atoms with van der Waals surface area (Å²) in [6.07, 6.45) is 4.29. The number of hydrogen-bond donors (Lipinski definition) is 0. The molecule has 2 aromatic heterocycles. The molecule has 6 heteroatoms. The molecule has 6 nitrogen and oxygen atoms in total. The fourth-order valence-electron chi connectivity index (χ4n) is 2.96. The summed E-state index contributed by atoms with van der Waals surface area (Å²) in [5, 5.41) is 4.01. The third-order valence-corrected chi connectivity index (χ3v) is 4.35. The second-order valence-electron chi connectivity index (χ2n) is 5.97. The first-order valence-corrected chi connectivity index (χ1v) is 7.98. The van der Waals surface area contributed by atoms with Crippen LogP contribution in [0.3, 0.4) is 0 Å². The number of amides is 1. The van der Waals surface area contributed by atoms with E-state index < -0.39 is 0 Å². The van der Waals surface area contributed by atoms with Crippen molar-refractivity contribution < 1.29 is 9.32 Å². The van der Waals surface area contributed by atoms with Crippen molar-refractivity contribution in [3.63, 3.8) is 0 Å². The van der Waals surface area contributed by atoms with E-state index in [-0.39, 0.29) is 5.91 Å². The molecule has 0 atom stereocenters. The molecule has 0 radical (unpaired) electrons. The summed E-state index contributed by atoms with van der Waals surface area (Å²) in [7, 11) is 0. The molecule has 0 saturated carbocycles. The van der Waals surface area contributed by atoms with Gasteiger partial charge >= 0.3 is 0 Å². The minimum Gasteiger partial charge on any atom is -0.361 e. The van der Waals surface area contributed by atoms with Gasteiger partial charge in [0.1, 0.15) is 5.76 Å². The standard InChI is InChI=1S/C17H22N4O2/c1-13-16(14(2)23-19-13)12-20-7-4-8-21(10-9-20)17(22)15-5-3-6-18-11-15/h3,5-6,11H,4,7-10,12H2,1-2H3. The van der Waals surface area contributed by atoms with Crippen molar-refractivity contribution in [1.82, 2.24) is 19.9 Å². The molecule has 3 rings (SSSR count). The number of carbonyl (C=O) groups is 1. The second-order valence-corrected chi connectivity index (χ2v) is 5.97. The van der Waals surface area contributed by atoms with Gasteiger partial charge in [0.2, 0.25) is 0 Å². The molecule has 0 aliphatic carbocycles. The Labute approximate surface area is 136 Å². The maximum Gasteiger partial charge on any atom is 0.255 e. The average Bonchev–Trinajstić information content (AvgIpc) is 2.79. The highest BCUT2D eigenvalue weighted by Crippen LogP contribution is 2.17. The van der Waals surface area contributed by atoms with Crippen LogP contribution in [-0.2, 0) is 6.54 Å². The Kier molecular flexibility index (Phi) is 4.71. The van der Waals surface area contributed by atoms with Crippen LogP contribution in [0.5, 0.6) is 0 Å². The molecule has 1 aliphatic rings. The number of aryl methyl sites for hydroxylation is 2. The summed E-state index contributed by atoms with van der Waals surface area (Å²) in [4.78, 5) is 20.8. The molecule has 0 bridgehead atoms. The zero-order chi connectivity index (χ0) is 16.2. The number of hydrogen-bond acceptors (Lipinski definition) is 5. The summed E-state index contributed by atoms with van der Waals surface area (Å²) in [6, 6.07) is 3.62. The van der Waals surface area contributed by atoms with E-state index in [1.165, 1.54) is 0 Å². The van der Waals surface area contributed by atoms with Crippen LogP contribution < -0.4 is 0 Å². The lowest BCUT2D eigenvalue weighted by Gasteiger charge is -2.22. The van der Waals surface area contributed by atoms with Crippen LogP contribution in [0.1, 0.15) is 33.8 Å². The summed E-state index contributed by atoms with van der Waals surface area (Å²) in [5.74, 6) is 0.951. The molecular formula is C17H22N4O2. The van der Waals surface area contributed by atoms with Crippen LogP contribution in [0, 0.1) is 13.8 Å². The summed E-state index contributed by atoms with van der Waals surface area (Å²) < 4.78 is 5.24. The van der Waals surface area contributed by atoms with Gasteiger partial charge in [-0.05, 0) is 32.4 Å². The SMILES string of the molecule is Cc1noc(C)c1CN1CCCN(C(=O)c2cccnc2)CC1. The van der Waals surface area contributed by atoms with Crippen LogP contribution in [0.2, 0.25) is 0 Å². The number of rotatable bonds is 3. The Morgan fingerprint density at radius 2 is 2.13 bits per heavy atom. The van der Waals surface area contributed by atoms with E-state index in [9.17, 15) is 4.79 Å². The first kappa shape index (κ1) is 15.7. The van der Waals surface area contributed by atoms with E-state index in [0.29, 0.717) is 5.56 Å². The summed E-state index contributed by atoms with van der Waals surface area (Å²) in [6.45, 7) is 8.10. The third kappa shape index (κ3) is 3.59. The highest BCUT2D eigenvalue weighted by atomic mass is 16.5. The highest BCUT2D eigenvalue weighted by Gasteiger charge is 2.21. The first-order chi connectivity index (χ1) is 11.1. The molecule has 23 heavy (non-hydrogen) atoms. The van der Waals surface area contributed by atoms with Gasteiger partial charge < -0.3 is 9.42 Å². The molecule has 0 aromatic carbocycles.